The first kappa shape index (κ1) is 48.7. The number of hydrogen-bond acceptors (Lipinski definition) is 0. The van der Waals surface area contributed by atoms with Crippen LogP contribution < -0.4 is 24.8 Å². The second-order valence-electron chi connectivity index (χ2n) is 21.2. The van der Waals surface area contributed by atoms with E-state index in [0.717, 1.165) is 6.42 Å². The fourth-order valence-electron chi connectivity index (χ4n) is 8.74. The molecule has 0 saturated heterocycles. The first-order valence-corrected chi connectivity index (χ1v) is 22.2. The van der Waals surface area contributed by atoms with Gasteiger partial charge in [-0.2, -0.15) is 28.8 Å². The Bertz CT molecular complexity index is 2240. The molecule has 5 aromatic rings. The monoisotopic (exact) mass is 898 g/mol. The van der Waals surface area contributed by atoms with Crippen molar-refractivity contribution >= 4 is 14.4 Å². The SMILES string of the molecule is CC(C)(C)c1ccc([C](=[Zr+2])c2ccc(C(C)(C)C)cc2)cc1.CC1=[C-]C(C)(C)c2cc3c(cc21)-c1cc2c(cc1C3)C(C)(C)C=C2C.Cc1cc(C(C)(C)C)c[cH-]1.[Cl-].[Cl-]. The smallest absolute Gasteiger partial charge is 0.00873 e. The standard InChI is InChI=1S/C25H25.C21H26.C10H15.2ClH.Zr/c1-14-12-24(3,4)22-8-16-7-17-9-23-19(15(2)13-25(23,5)6)11-21(17)20(16)10-18(14)22;1-20(2,3)18-11-7-16(8-12-18)15-17-9-13-19(14-10-17)21(4,5)6;1-8-5-6-9(7-8)10(2,3)4;;;/h8-12H,7H2,1-6H3;7-14H,1-6H3;5-7H,1-4H3;2*1H;/q-1;;-1;;;+2/p-2. The Labute approximate surface area is 385 Å². The zero-order valence-corrected chi connectivity index (χ0v) is 42.7. The summed E-state index contributed by atoms with van der Waals surface area (Å²) in [6.07, 6.45) is 7.13. The molecule has 0 saturated carbocycles. The maximum Gasteiger partial charge on any atom is 0.00873 e. The van der Waals surface area contributed by atoms with Crippen LogP contribution in [0.3, 0.4) is 0 Å². The molecule has 0 amide bonds. The maximum atomic E-state index is 3.65. The molecule has 59 heavy (non-hydrogen) atoms. The summed E-state index contributed by atoms with van der Waals surface area (Å²) in [5.74, 6) is 0. The van der Waals surface area contributed by atoms with Crippen molar-refractivity contribution in [2.45, 2.75) is 144 Å². The minimum Gasteiger partial charge on any atom is -1.00 e. The largest absolute Gasteiger partial charge is 1.00 e. The van der Waals surface area contributed by atoms with Gasteiger partial charge in [0.2, 0.25) is 0 Å². The van der Waals surface area contributed by atoms with Crippen LogP contribution in [0.5, 0.6) is 0 Å². The molecule has 0 heterocycles. The van der Waals surface area contributed by atoms with Gasteiger partial charge < -0.3 is 24.8 Å². The van der Waals surface area contributed by atoms with Crippen molar-refractivity contribution in [3.8, 4) is 11.1 Å². The summed E-state index contributed by atoms with van der Waals surface area (Å²) >= 11 is 1.46. The molecule has 3 heteroatoms. The molecule has 0 aromatic heterocycles. The van der Waals surface area contributed by atoms with E-state index < -0.39 is 0 Å². The average Bonchev–Trinajstić information content (AvgIpc) is 3.83. The predicted molar refractivity (Wildman–Crippen MR) is 246 cm³/mol. The molecule has 0 N–H and O–H groups in total. The predicted octanol–water partition coefficient (Wildman–Crippen LogP) is 8.87. The van der Waals surface area contributed by atoms with E-state index in [1.807, 2.05) is 0 Å². The minimum absolute atomic E-state index is 0. The quantitative estimate of drug-likeness (QED) is 0.153. The Morgan fingerprint density at radius 2 is 1.02 bits per heavy atom. The van der Waals surface area contributed by atoms with Gasteiger partial charge >= 0.3 is 151 Å². The Morgan fingerprint density at radius 3 is 1.42 bits per heavy atom. The summed E-state index contributed by atoms with van der Waals surface area (Å²) in [6.45, 7) is 36.1. The van der Waals surface area contributed by atoms with Crippen LogP contribution in [0.25, 0.3) is 22.3 Å². The summed E-state index contributed by atoms with van der Waals surface area (Å²) < 4.78 is 1.42. The average molecular weight is 901 g/mol. The molecule has 8 rings (SSSR count). The molecule has 0 spiro atoms. The molecule has 0 fully saturated rings. The minimum atomic E-state index is 0. The molecule has 310 valence electrons. The number of benzene rings is 4. The van der Waals surface area contributed by atoms with E-state index in [1.54, 1.807) is 0 Å². The molecular formula is C56H66Cl2Zr-2. The fourth-order valence-corrected chi connectivity index (χ4v) is 9.56. The van der Waals surface area contributed by atoms with Crippen molar-refractivity contribution in [1.29, 1.82) is 0 Å². The number of fused-ring (bicyclic) bond motifs is 5. The molecule has 3 aliphatic carbocycles. The molecule has 0 nitrogen and oxygen atoms in total. The van der Waals surface area contributed by atoms with Gasteiger partial charge in [0.15, 0.2) is 0 Å². The van der Waals surface area contributed by atoms with Crippen molar-refractivity contribution in [3.63, 3.8) is 0 Å². The van der Waals surface area contributed by atoms with Crippen LogP contribution in [0.2, 0.25) is 0 Å². The van der Waals surface area contributed by atoms with Gasteiger partial charge in [0, 0.05) is 5.41 Å². The number of hydrogen-bond donors (Lipinski definition) is 0. The summed E-state index contributed by atoms with van der Waals surface area (Å²) in [4.78, 5) is 0. The third kappa shape index (κ3) is 10.4. The van der Waals surface area contributed by atoms with Crippen LogP contribution in [0.1, 0.15) is 171 Å². The maximum absolute atomic E-state index is 3.65. The van der Waals surface area contributed by atoms with Gasteiger partial charge in [0.25, 0.3) is 0 Å². The third-order valence-electron chi connectivity index (χ3n) is 12.3. The molecule has 3 aliphatic rings. The topological polar surface area (TPSA) is 0 Å². The van der Waals surface area contributed by atoms with Crippen LogP contribution in [-0.4, -0.2) is 3.21 Å². The van der Waals surface area contributed by atoms with Gasteiger partial charge in [-0.15, -0.1) is 11.6 Å². The fraction of sp³-hybridized carbons (Fsp3) is 0.393. The van der Waals surface area contributed by atoms with Gasteiger partial charge in [-0.05, 0) is 58.4 Å². The number of aryl methyl sites for hydroxylation is 1. The summed E-state index contributed by atoms with van der Waals surface area (Å²) in [5.41, 5.74) is 23.6. The van der Waals surface area contributed by atoms with Crippen molar-refractivity contribution in [2.24, 2.45) is 0 Å². The number of rotatable bonds is 2. The van der Waals surface area contributed by atoms with Crippen LogP contribution >= 0.6 is 0 Å². The zero-order valence-electron chi connectivity index (χ0n) is 38.7. The normalized spacial score (nSPS) is 15.4. The first-order valence-electron chi connectivity index (χ1n) is 21.0. The Balaban J connectivity index is 0.000000208. The Morgan fingerprint density at radius 1 is 0.576 bits per heavy atom. The van der Waals surface area contributed by atoms with Crippen LogP contribution in [0.15, 0.2) is 97.1 Å². The molecule has 0 atom stereocenters. The third-order valence-corrected chi connectivity index (χ3v) is 13.7. The van der Waals surface area contributed by atoms with Crippen LogP contribution in [-0.2, 0) is 57.7 Å². The van der Waals surface area contributed by atoms with Crippen molar-refractivity contribution < 1.29 is 49.0 Å². The molecule has 5 aromatic carbocycles. The number of halogens is 2. The summed E-state index contributed by atoms with van der Waals surface area (Å²) in [6, 6.07) is 34.6. The van der Waals surface area contributed by atoms with E-state index >= 15 is 0 Å². The van der Waals surface area contributed by atoms with Crippen LogP contribution in [0, 0.1) is 13.0 Å². The van der Waals surface area contributed by atoms with Gasteiger partial charge in [0.1, 0.15) is 0 Å². The van der Waals surface area contributed by atoms with E-state index in [9.17, 15) is 0 Å². The first-order chi connectivity index (χ1) is 26.3. The molecular weight excluding hydrogens is 835 g/mol. The van der Waals surface area contributed by atoms with E-state index in [4.69, 9.17) is 0 Å². The van der Waals surface area contributed by atoms with E-state index in [2.05, 4.69) is 214 Å². The van der Waals surface area contributed by atoms with E-state index in [0.29, 0.717) is 5.41 Å². The molecule has 0 aliphatic heterocycles. The second-order valence-corrected chi connectivity index (χ2v) is 22.4. The van der Waals surface area contributed by atoms with Gasteiger partial charge in [0.05, 0.1) is 0 Å². The summed E-state index contributed by atoms with van der Waals surface area (Å²) in [7, 11) is 0. The Hall–Kier alpha value is -2.96. The van der Waals surface area contributed by atoms with Crippen LogP contribution in [0.4, 0.5) is 0 Å². The van der Waals surface area contributed by atoms with Gasteiger partial charge in [-0.1, -0.05) is 91.4 Å². The molecule has 0 radical (unpaired) electrons. The van der Waals surface area contributed by atoms with E-state index in [1.165, 1.54) is 116 Å². The van der Waals surface area contributed by atoms with Gasteiger partial charge in [-0.25, -0.2) is 11.6 Å². The molecule has 0 bridgehead atoms. The second kappa shape index (κ2) is 17.4. The zero-order chi connectivity index (χ0) is 42.0. The van der Waals surface area contributed by atoms with E-state index in [-0.39, 0.29) is 46.5 Å². The van der Waals surface area contributed by atoms with Gasteiger partial charge in [-0.3, -0.25) is 6.08 Å². The molecule has 0 unspecified atom stereocenters. The van der Waals surface area contributed by atoms with Crippen molar-refractivity contribution in [3.05, 3.63) is 170 Å². The summed E-state index contributed by atoms with van der Waals surface area (Å²) in [5, 5.41) is 0. The Kier molecular flexibility index (Phi) is 14.4. The van der Waals surface area contributed by atoms with Crippen molar-refractivity contribution in [1.82, 2.24) is 0 Å². The number of allylic oxidation sites excluding steroid dienone is 4. The van der Waals surface area contributed by atoms with Crippen molar-refractivity contribution in [2.75, 3.05) is 0 Å².